The number of furan rings is 1. The molecule has 1 aliphatic heterocycles. The van der Waals surface area contributed by atoms with Crippen LogP contribution in [0, 0.1) is 0 Å². The molecule has 0 bridgehead atoms. The zero-order valence-corrected chi connectivity index (χ0v) is 8.86. The molecule has 0 radical (unpaired) electrons. The van der Waals surface area contributed by atoms with E-state index in [0.29, 0.717) is 12.1 Å². The predicted molar refractivity (Wildman–Crippen MR) is 56.2 cm³/mol. The zero-order valence-electron chi connectivity index (χ0n) is 8.86. The molecule has 1 N–H and O–H groups in total. The first-order chi connectivity index (χ1) is 6.79. The first kappa shape index (κ1) is 9.74. The molecule has 1 saturated heterocycles. The van der Waals surface area contributed by atoms with Crippen LogP contribution in [0.4, 0.5) is 0 Å². The van der Waals surface area contributed by atoms with Crippen molar-refractivity contribution in [3.8, 4) is 0 Å². The minimum atomic E-state index is 0.391. The van der Waals surface area contributed by atoms with Crippen molar-refractivity contribution in [3.63, 3.8) is 0 Å². The standard InChI is InChI=1S/C11H18N2O/c1-9-8-12-5-6-13(9)10(2)11-4-3-7-14-11/h3-4,7,9-10,12H,5-6,8H2,1-2H3/t9-,10+/m1/s1. The van der Waals surface area contributed by atoms with Crippen LogP contribution in [0.3, 0.4) is 0 Å². The summed E-state index contributed by atoms with van der Waals surface area (Å²) in [6, 6.07) is 4.99. The van der Waals surface area contributed by atoms with E-state index in [2.05, 4.69) is 30.1 Å². The highest BCUT2D eigenvalue weighted by molar-refractivity contribution is 5.04. The van der Waals surface area contributed by atoms with Gasteiger partial charge in [-0.3, -0.25) is 4.90 Å². The van der Waals surface area contributed by atoms with Crippen LogP contribution < -0.4 is 5.32 Å². The average Bonchev–Trinajstić information content (AvgIpc) is 2.70. The van der Waals surface area contributed by atoms with Crippen LogP contribution in [0.5, 0.6) is 0 Å². The van der Waals surface area contributed by atoms with Crippen LogP contribution in [-0.2, 0) is 0 Å². The second-order valence-electron chi connectivity index (χ2n) is 3.98. The summed E-state index contributed by atoms with van der Waals surface area (Å²) in [7, 11) is 0. The molecule has 1 aliphatic rings. The van der Waals surface area contributed by atoms with E-state index < -0.39 is 0 Å². The van der Waals surface area contributed by atoms with Crippen LogP contribution in [0.1, 0.15) is 25.6 Å². The van der Waals surface area contributed by atoms with Crippen LogP contribution in [0.2, 0.25) is 0 Å². The highest BCUT2D eigenvalue weighted by Crippen LogP contribution is 2.23. The van der Waals surface area contributed by atoms with E-state index in [-0.39, 0.29) is 0 Å². The summed E-state index contributed by atoms with van der Waals surface area (Å²) in [4.78, 5) is 2.48. The van der Waals surface area contributed by atoms with Gasteiger partial charge in [-0.1, -0.05) is 0 Å². The maximum atomic E-state index is 5.43. The van der Waals surface area contributed by atoms with Crippen molar-refractivity contribution in [2.75, 3.05) is 19.6 Å². The molecule has 1 aromatic rings. The molecule has 3 nitrogen and oxygen atoms in total. The van der Waals surface area contributed by atoms with Gasteiger partial charge in [-0.15, -0.1) is 0 Å². The van der Waals surface area contributed by atoms with Crippen molar-refractivity contribution < 1.29 is 4.42 Å². The average molecular weight is 194 g/mol. The van der Waals surface area contributed by atoms with Crippen molar-refractivity contribution in [3.05, 3.63) is 24.2 Å². The van der Waals surface area contributed by atoms with Gasteiger partial charge < -0.3 is 9.73 Å². The van der Waals surface area contributed by atoms with Gasteiger partial charge in [-0.2, -0.15) is 0 Å². The summed E-state index contributed by atoms with van der Waals surface area (Å²) in [6.07, 6.45) is 1.75. The van der Waals surface area contributed by atoms with Gasteiger partial charge in [0.2, 0.25) is 0 Å². The zero-order chi connectivity index (χ0) is 9.97. The van der Waals surface area contributed by atoms with Crippen molar-refractivity contribution >= 4 is 0 Å². The van der Waals surface area contributed by atoms with Crippen molar-refractivity contribution in [2.45, 2.75) is 25.9 Å². The fourth-order valence-electron chi connectivity index (χ4n) is 2.12. The lowest BCUT2D eigenvalue weighted by molar-refractivity contribution is 0.112. The second-order valence-corrected chi connectivity index (χ2v) is 3.98. The second kappa shape index (κ2) is 4.15. The maximum absolute atomic E-state index is 5.43. The van der Waals surface area contributed by atoms with Gasteiger partial charge in [0.15, 0.2) is 0 Å². The van der Waals surface area contributed by atoms with Gasteiger partial charge >= 0.3 is 0 Å². The number of rotatable bonds is 2. The molecule has 0 spiro atoms. The van der Waals surface area contributed by atoms with Crippen LogP contribution >= 0.6 is 0 Å². The van der Waals surface area contributed by atoms with E-state index >= 15 is 0 Å². The van der Waals surface area contributed by atoms with E-state index in [0.717, 1.165) is 25.4 Å². The predicted octanol–water partition coefficient (Wildman–Crippen LogP) is 1.63. The van der Waals surface area contributed by atoms with Crippen LogP contribution in [0.25, 0.3) is 0 Å². The molecule has 1 aromatic heterocycles. The fourth-order valence-corrected chi connectivity index (χ4v) is 2.12. The number of piperazine rings is 1. The molecule has 2 heterocycles. The Morgan fingerprint density at radius 2 is 2.50 bits per heavy atom. The number of nitrogens with one attached hydrogen (secondary N) is 1. The highest BCUT2D eigenvalue weighted by atomic mass is 16.3. The first-order valence-corrected chi connectivity index (χ1v) is 5.29. The van der Waals surface area contributed by atoms with Gasteiger partial charge in [0.05, 0.1) is 12.3 Å². The largest absolute Gasteiger partial charge is 0.468 e. The summed E-state index contributed by atoms with van der Waals surface area (Å²) in [6.45, 7) is 7.72. The molecule has 0 unspecified atom stereocenters. The molecular weight excluding hydrogens is 176 g/mol. The number of hydrogen-bond acceptors (Lipinski definition) is 3. The molecule has 0 aliphatic carbocycles. The monoisotopic (exact) mass is 194 g/mol. The molecule has 2 rings (SSSR count). The maximum Gasteiger partial charge on any atom is 0.120 e. The van der Waals surface area contributed by atoms with E-state index in [9.17, 15) is 0 Å². The third-order valence-corrected chi connectivity index (χ3v) is 3.01. The Labute approximate surface area is 85.1 Å². The summed E-state index contributed by atoms with van der Waals surface area (Å²) >= 11 is 0. The Balaban J connectivity index is 2.06. The Morgan fingerprint density at radius 3 is 3.14 bits per heavy atom. The molecule has 0 amide bonds. The smallest absolute Gasteiger partial charge is 0.120 e. The third-order valence-electron chi connectivity index (χ3n) is 3.01. The topological polar surface area (TPSA) is 28.4 Å². The van der Waals surface area contributed by atoms with Gasteiger partial charge in [-0.25, -0.2) is 0 Å². The SMILES string of the molecule is C[C@@H]1CNCCN1[C@@H](C)c1ccco1. The van der Waals surface area contributed by atoms with Crippen molar-refractivity contribution in [1.29, 1.82) is 0 Å². The lowest BCUT2D eigenvalue weighted by Gasteiger charge is -2.37. The Morgan fingerprint density at radius 1 is 1.64 bits per heavy atom. The first-order valence-electron chi connectivity index (χ1n) is 5.29. The highest BCUT2D eigenvalue weighted by Gasteiger charge is 2.25. The molecule has 14 heavy (non-hydrogen) atoms. The van der Waals surface area contributed by atoms with E-state index in [4.69, 9.17) is 4.42 Å². The van der Waals surface area contributed by atoms with E-state index in [1.54, 1.807) is 6.26 Å². The summed E-state index contributed by atoms with van der Waals surface area (Å²) in [5.41, 5.74) is 0. The third kappa shape index (κ3) is 1.83. The summed E-state index contributed by atoms with van der Waals surface area (Å²) in [5, 5.41) is 3.39. The minimum absolute atomic E-state index is 0.391. The summed E-state index contributed by atoms with van der Waals surface area (Å²) < 4.78 is 5.43. The Kier molecular flexibility index (Phi) is 2.89. The molecule has 78 valence electrons. The van der Waals surface area contributed by atoms with Crippen LogP contribution in [0.15, 0.2) is 22.8 Å². The fraction of sp³-hybridized carbons (Fsp3) is 0.636. The lowest BCUT2D eigenvalue weighted by atomic mass is 10.1. The molecule has 0 saturated carbocycles. The van der Waals surface area contributed by atoms with Gasteiger partial charge in [0.1, 0.15) is 5.76 Å². The molecule has 0 aromatic carbocycles. The lowest BCUT2D eigenvalue weighted by Crippen LogP contribution is -2.50. The minimum Gasteiger partial charge on any atom is -0.468 e. The molecule has 3 heteroatoms. The number of nitrogens with zero attached hydrogens (tertiary/aromatic N) is 1. The van der Waals surface area contributed by atoms with Crippen molar-refractivity contribution in [1.82, 2.24) is 10.2 Å². The Bertz CT molecular complexity index is 271. The van der Waals surface area contributed by atoms with E-state index in [1.165, 1.54) is 0 Å². The van der Waals surface area contributed by atoms with Crippen LogP contribution in [-0.4, -0.2) is 30.6 Å². The Hall–Kier alpha value is -0.800. The van der Waals surface area contributed by atoms with Gasteiger partial charge in [-0.05, 0) is 26.0 Å². The van der Waals surface area contributed by atoms with Crippen molar-refractivity contribution in [2.24, 2.45) is 0 Å². The van der Waals surface area contributed by atoms with Gasteiger partial charge in [0, 0.05) is 25.7 Å². The molecule has 1 fully saturated rings. The molecule has 2 atom stereocenters. The molecular formula is C11H18N2O. The normalized spacial score (nSPS) is 26.3. The van der Waals surface area contributed by atoms with E-state index in [1.807, 2.05) is 6.07 Å². The summed E-state index contributed by atoms with van der Waals surface area (Å²) in [5.74, 6) is 1.07. The number of hydrogen-bond donors (Lipinski definition) is 1. The quantitative estimate of drug-likeness (QED) is 0.775. The van der Waals surface area contributed by atoms with Gasteiger partial charge in [0.25, 0.3) is 0 Å².